The van der Waals surface area contributed by atoms with Crippen LogP contribution in [-0.2, 0) is 0 Å². The Morgan fingerprint density at radius 2 is 2.21 bits per heavy atom. The second-order valence-corrected chi connectivity index (χ2v) is 3.64. The van der Waals surface area contributed by atoms with Crippen molar-refractivity contribution in [2.75, 3.05) is 5.43 Å². The normalized spacial score (nSPS) is 10.3. The lowest BCUT2D eigenvalue weighted by Crippen LogP contribution is -2.30. The number of amides is 1. The molecule has 0 radical (unpaired) electrons. The number of nitrogens with zero attached hydrogens (tertiary/aromatic N) is 4. The number of hydrogen-bond acceptors (Lipinski definition) is 6. The molecule has 3 N–H and O–H groups in total. The molecule has 0 fully saturated rings. The summed E-state index contributed by atoms with van der Waals surface area (Å²) in [4.78, 5) is 30.6. The summed E-state index contributed by atoms with van der Waals surface area (Å²) < 4.78 is 0. The number of pyridine rings is 1. The minimum Gasteiger partial charge on any atom is -0.340 e. The molecule has 8 heteroatoms. The van der Waals surface area contributed by atoms with Gasteiger partial charge in [-0.1, -0.05) is 0 Å². The standard InChI is InChI=1S/C11H9N7O/c19-11(7-2-1-3-12-4-7)18-17-10-8-9(14-5-13-8)15-6-16-10/h1-6H,(H,18,19)(H2,13,14,15,16,17). The molecule has 0 aliphatic carbocycles. The SMILES string of the molecule is O=C(NNc1ncnc2nc[nH]c12)c1cccnc1. The third kappa shape index (κ3) is 2.18. The molecule has 94 valence electrons. The van der Waals surface area contributed by atoms with Gasteiger partial charge in [-0.15, -0.1) is 0 Å². The summed E-state index contributed by atoms with van der Waals surface area (Å²) in [5, 5.41) is 0. The zero-order valence-corrected chi connectivity index (χ0v) is 9.66. The topological polar surface area (TPSA) is 108 Å². The van der Waals surface area contributed by atoms with Gasteiger partial charge in [0.1, 0.15) is 11.8 Å². The van der Waals surface area contributed by atoms with Gasteiger partial charge in [0.15, 0.2) is 11.5 Å². The van der Waals surface area contributed by atoms with E-state index in [0.717, 1.165) is 0 Å². The first-order valence-electron chi connectivity index (χ1n) is 5.45. The number of aromatic nitrogens is 5. The first-order valence-corrected chi connectivity index (χ1v) is 5.45. The number of rotatable bonds is 3. The fourth-order valence-electron chi connectivity index (χ4n) is 1.55. The van der Waals surface area contributed by atoms with Crippen molar-refractivity contribution in [2.45, 2.75) is 0 Å². The Morgan fingerprint density at radius 3 is 3.05 bits per heavy atom. The van der Waals surface area contributed by atoms with Crippen molar-refractivity contribution in [1.29, 1.82) is 0 Å². The first kappa shape index (κ1) is 11.1. The van der Waals surface area contributed by atoms with E-state index in [0.29, 0.717) is 22.5 Å². The number of nitrogens with one attached hydrogen (secondary N) is 3. The number of carbonyl (C=O) groups is 1. The van der Waals surface area contributed by atoms with Crippen LogP contribution in [0, 0.1) is 0 Å². The second kappa shape index (κ2) is 4.69. The quantitative estimate of drug-likeness (QED) is 0.588. The van der Waals surface area contributed by atoms with Crippen LogP contribution in [0.25, 0.3) is 11.2 Å². The molecular weight excluding hydrogens is 246 g/mol. The lowest BCUT2D eigenvalue weighted by molar-refractivity contribution is 0.0962. The molecule has 3 aromatic rings. The Hall–Kier alpha value is -3.03. The average Bonchev–Trinajstić information content (AvgIpc) is 2.94. The summed E-state index contributed by atoms with van der Waals surface area (Å²) in [5.41, 5.74) is 6.84. The first-order chi connectivity index (χ1) is 9.34. The van der Waals surface area contributed by atoms with Crippen molar-refractivity contribution in [1.82, 2.24) is 30.3 Å². The smallest absolute Gasteiger partial charge is 0.271 e. The molecule has 0 spiro atoms. The van der Waals surface area contributed by atoms with Gasteiger partial charge in [-0.3, -0.25) is 20.6 Å². The molecule has 0 saturated carbocycles. The fourth-order valence-corrected chi connectivity index (χ4v) is 1.55. The third-order valence-corrected chi connectivity index (χ3v) is 2.44. The monoisotopic (exact) mass is 255 g/mol. The van der Waals surface area contributed by atoms with Gasteiger partial charge < -0.3 is 4.98 Å². The van der Waals surface area contributed by atoms with E-state index >= 15 is 0 Å². The summed E-state index contributed by atoms with van der Waals surface area (Å²) in [5.74, 6) is 0.138. The Morgan fingerprint density at radius 1 is 1.26 bits per heavy atom. The van der Waals surface area contributed by atoms with E-state index in [1.807, 2.05) is 0 Å². The minimum atomic E-state index is -0.306. The molecular formula is C11H9N7O. The number of anilines is 1. The molecule has 1 amide bonds. The van der Waals surface area contributed by atoms with Gasteiger partial charge in [-0.05, 0) is 12.1 Å². The van der Waals surface area contributed by atoms with Crippen molar-refractivity contribution < 1.29 is 4.79 Å². The lowest BCUT2D eigenvalue weighted by Gasteiger charge is -2.07. The lowest BCUT2D eigenvalue weighted by atomic mass is 10.3. The zero-order valence-electron chi connectivity index (χ0n) is 9.66. The van der Waals surface area contributed by atoms with Crippen molar-refractivity contribution in [2.24, 2.45) is 0 Å². The maximum atomic E-state index is 11.8. The Kier molecular flexibility index (Phi) is 2.73. The van der Waals surface area contributed by atoms with Crippen LogP contribution in [0.4, 0.5) is 5.82 Å². The Labute approximate surface area is 107 Å². The highest BCUT2D eigenvalue weighted by molar-refractivity contribution is 5.95. The molecule has 0 atom stereocenters. The molecule has 3 aromatic heterocycles. The van der Waals surface area contributed by atoms with Crippen LogP contribution in [0.15, 0.2) is 37.2 Å². The Bertz CT molecular complexity index is 709. The van der Waals surface area contributed by atoms with E-state index < -0.39 is 0 Å². The van der Waals surface area contributed by atoms with Crippen LogP contribution >= 0.6 is 0 Å². The van der Waals surface area contributed by atoms with Gasteiger partial charge in [0.2, 0.25) is 0 Å². The van der Waals surface area contributed by atoms with Crippen LogP contribution in [0.1, 0.15) is 10.4 Å². The number of imidazole rings is 1. The van der Waals surface area contributed by atoms with Crippen molar-refractivity contribution in [3.8, 4) is 0 Å². The van der Waals surface area contributed by atoms with E-state index in [9.17, 15) is 4.79 Å². The zero-order chi connectivity index (χ0) is 13.1. The van der Waals surface area contributed by atoms with Gasteiger partial charge in [-0.25, -0.2) is 15.0 Å². The number of fused-ring (bicyclic) bond motifs is 1. The van der Waals surface area contributed by atoms with Gasteiger partial charge >= 0.3 is 0 Å². The van der Waals surface area contributed by atoms with Gasteiger partial charge in [0.25, 0.3) is 5.91 Å². The highest BCUT2D eigenvalue weighted by atomic mass is 16.2. The molecule has 0 saturated heterocycles. The summed E-state index contributed by atoms with van der Waals surface area (Å²) in [6.45, 7) is 0. The molecule has 19 heavy (non-hydrogen) atoms. The maximum absolute atomic E-state index is 11.8. The van der Waals surface area contributed by atoms with Crippen molar-refractivity contribution >= 4 is 22.9 Å². The van der Waals surface area contributed by atoms with Gasteiger partial charge in [0.05, 0.1) is 11.9 Å². The predicted octanol–water partition coefficient (Wildman–Crippen LogP) is 0.505. The summed E-state index contributed by atoms with van der Waals surface area (Å²) in [6.07, 6.45) is 5.95. The molecule has 0 aromatic carbocycles. The largest absolute Gasteiger partial charge is 0.340 e. The van der Waals surface area contributed by atoms with Crippen molar-refractivity contribution in [3.05, 3.63) is 42.7 Å². The fraction of sp³-hybridized carbons (Fsp3) is 0. The molecule has 0 unspecified atom stereocenters. The molecule has 0 bridgehead atoms. The summed E-state index contributed by atoms with van der Waals surface area (Å²) in [6, 6.07) is 3.35. The van der Waals surface area contributed by atoms with Crippen LogP contribution in [-0.4, -0.2) is 30.8 Å². The van der Waals surface area contributed by atoms with Crippen LogP contribution in [0.3, 0.4) is 0 Å². The van der Waals surface area contributed by atoms with E-state index in [4.69, 9.17) is 0 Å². The van der Waals surface area contributed by atoms with Crippen LogP contribution < -0.4 is 10.9 Å². The number of carbonyl (C=O) groups excluding carboxylic acids is 1. The maximum Gasteiger partial charge on any atom is 0.271 e. The van der Waals surface area contributed by atoms with E-state index in [2.05, 4.69) is 35.8 Å². The molecule has 0 aliphatic heterocycles. The average molecular weight is 255 g/mol. The third-order valence-electron chi connectivity index (χ3n) is 2.44. The van der Waals surface area contributed by atoms with Crippen molar-refractivity contribution in [3.63, 3.8) is 0 Å². The number of hydrogen-bond donors (Lipinski definition) is 3. The molecule has 3 rings (SSSR count). The van der Waals surface area contributed by atoms with Gasteiger partial charge in [0, 0.05) is 12.4 Å². The van der Waals surface area contributed by atoms with E-state index in [-0.39, 0.29) is 5.91 Å². The van der Waals surface area contributed by atoms with Crippen LogP contribution in [0.2, 0.25) is 0 Å². The molecule has 3 heterocycles. The Balaban J connectivity index is 1.76. The van der Waals surface area contributed by atoms with E-state index in [1.165, 1.54) is 18.9 Å². The highest BCUT2D eigenvalue weighted by Gasteiger charge is 2.08. The number of aromatic amines is 1. The number of H-pyrrole nitrogens is 1. The molecule has 8 nitrogen and oxygen atoms in total. The van der Waals surface area contributed by atoms with Gasteiger partial charge in [-0.2, -0.15) is 0 Å². The second-order valence-electron chi connectivity index (χ2n) is 3.64. The summed E-state index contributed by atoms with van der Waals surface area (Å²) in [7, 11) is 0. The predicted molar refractivity (Wildman–Crippen MR) is 67.0 cm³/mol. The number of hydrazine groups is 1. The van der Waals surface area contributed by atoms with E-state index in [1.54, 1.807) is 18.3 Å². The minimum absolute atomic E-state index is 0.306. The molecule has 0 aliphatic rings. The summed E-state index contributed by atoms with van der Waals surface area (Å²) >= 11 is 0. The van der Waals surface area contributed by atoms with Crippen LogP contribution in [0.5, 0.6) is 0 Å². The highest BCUT2D eigenvalue weighted by Crippen LogP contribution is 2.13.